The zero-order chi connectivity index (χ0) is 14.3. The lowest BCUT2D eigenvalue weighted by Crippen LogP contribution is -2.52. The molecule has 5 heteroatoms. The van der Waals surface area contributed by atoms with Crippen LogP contribution in [0.15, 0.2) is 5.38 Å². The van der Waals surface area contributed by atoms with Gasteiger partial charge < -0.3 is 11.1 Å². The normalized spacial score (nSPS) is 11.6. The number of nitrogens with two attached hydrogens (primary N) is 1. The summed E-state index contributed by atoms with van der Waals surface area (Å²) in [5.74, 6) is 0.0982. The molecule has 0 bridgehead atoms. The van der Waals surface area contributed by atoms with Crippen molar-refractivity contribution in [2.45, 2.75) is 58.4 Å². The second-order valence-corrected chi connectivity index (χ2v) is 6.01. The summed E-state index contributed by atoms with van der Waals surface area (Å²) in [6, 6.07) is 0. The van der Waals surface area contributed by atoms with Gasteiger partial charge in [-0.15, -0.1) is 11.3 Å². The number of rotatable bonds is 8. The van der Waals surface area contributed by atoms with Gasteiger partial charge in [0.1, 0.15) is 0 Å². The van der Waals surface area contributed by atoms with Crippen LogP contribution in [0, 0.1) is 6.92 Å². The van der Waals surface area contributed by atoms with Crippen molar-refractivity contribution in [3.63, 3.8) is 0 Å². The SMILES string of the molecule is CCC(CC)(CN)NC(=O)CCCc1csc(C)n1. The van der Waals surface area contributed by atoms with E-state index in [0.717, 1.165) is 36.4 Å². The minimum atomic E-state index is -0.228. The average molecular weight is 283 g/mol. The minimum absolute atomic E-state index is 0.0982. The molecule has 0 saturated carbocycles. The van der Waals surface area contributed by atoms with Crippen molar-refractivity contribution in [1.29, 1.82) is 0 Å². The number of amides is 1. The molecule has 1 aromatic heterocycles. The van der Waals surface area contributed by atoms with Gasteiger partial charge in [-0.05, 0) is 32.6 Å². The number of thiazole rings is 1. The van der Waals surface area contributed by atoms with Gasteiger partial charge in [-0.1, -0.05) is 13.8 Å². The number of nitrogens with zero attached hydrogens (tertiary/aromatic N) is 1. The molecule has 0 saturated heterocycles. The van der Waals surface area contributed by atoms with Gasteiger partial charge in [-0.2, -0.15) is 0 Å². The number of hydrogen-bond donors (Lipinski definition) is 2. The first-order valence-corrected chi connectivity index (χ1v) is 7.85. The molecule has 1 heterocycles. The van der Waals surface area contributed by atoms with E-state index in [1.807, 2.05) is 6.92 Å². The largest absolute Gasteiger partial charge is 0.349 e. The van der Waals surface area contributed by atoms with Crippen LogP contribution in [0.3, 0.4) is 0 Å². The van der Waals surface area contributed by atoms with Crippen molar-refractivity contribution in [2.24, 2.45) is 5.73 Å². The molecule has 0 aliphatic rings. The van der Waals surface area contributed by atoms with Crippen LogP contribution in [-0.4, -0.2) is 23.0 Å². The molecular formula is C14H25N3OS. The molecule has 0 fully saturated rings. The van der Waals surface area contributed by atoms with E-state index in [1.165, 1.54) is 0 Å². The lowest BCUT2D eigenvalue weighted by molar-refractivity contribution is -0.123. The van der Waals surface area contributed by atoms with Crippen molar-refractivity contribution < 1.29 is 4.79 Å². The molecule has 4 nitrogen and oxygen atoms in total. The second kappa shape index (κ2) is 7.60. The van der Waals surface area contributed by atoms with Crippen molar-refractivity contribution in [3.05, 3.63) is 16.1 Å². The maximum atomic E-state index is 11.9. The first-order chi connectivity index (χ1) is 9.05. The smallest absolute Gasteiger partial charge is 0.220 e. The van der Waals surface area contributed by atoms with Gasteiger partial charge in [0.15, 0.2) is 0 Å². The Morgan fingerprint density at radius 2 is 2.16 bits per heavy atom. The maximum absolute atomic E-state index is 11.9. The highest BCUT2D eigenvalue weighted by Crippen LogP contribution is 2.14. The van der Waals surface area contributed by atoms with Crippen LogP contribution in [0.2, 0.25) is 0 Å². The van der Waals surface area contributed by atoms with E-state index < -0.39 is 0 Å². The van der Waals surface area contributed by atoms with Gasteiger partial charge in [0.05, 0.1) is 16.2 Å². The molecule has 0 radical (unpaired) electrons. The molecule has 1 aromatic rings. The van der Waals surface area contributed by atoms with E-state index in [1.54, 1.807) is 11.3 Å². The average Bonchev–Trinajstić information content (AvgIpc) is 2.82. The van der Waals surface area contributed by atoms with Crippen molar-refractivity contribution >= 4 is 17.2 Å². The topological polar surface area (TPSA) is 68.0 Å². The molecule has 0 aliphatic carbocycles. The predicted molar refractivity (Wildman–Crippen MR) is 80.3 cm³/mol. The Morgan fingerprint density at radius 3 is 2.63 bits per heavy atom. The number of hydrogen-bond acceptors (Lipinski definition) is 4. The number of nitrogens with one attached hydrogen (secondary N) is 1. The monoisotopic (exact) mass is 283 g/mol. The van der Waals surface area contributed by atoms with Crippen LogP contribution >= 0.6 is 11.3 Å². The maximum Gasteiger partial charge on any atom is 0.220 e. The Balaban J connectivity index is 2.35. The number of aromatic nitrogens is 1. The van der Waals surface area contributed by atoms with E-state index in [2.05, 4.69) is 29.5 Å². The predicted octanol–water partition coefficient (Wildman–Crippen LogP) is 2.41. The summed E-state index contributed by atoms with van der Waals surface area (Å²) in [5.41, 5.74) is 6.64. The van der Waals surface area contributed by atoms with Gasteiger partial charge >= 0.3 is 0 Å². The standard InChI is InChI=1S/C14H25N3OS/c1-4-14(5-2,10-15)17-13(18)8-6-7-12-9-19-11(3)16-12/h9H,4-8,10,15H2,1-3H3,(H,17,18). The first-order valence-electron chi connectivity index (χ1n) is 6.97. The van der Waals surface area contributed by atoms with Crippen molar-refractivity contribution in [1.82, 2.24) is 10.3 Å². The van der Waals surface area contributed by atoms with Crippen LogP contribution in [-0.2, 0) is 11.2 Å². The summed E-state index contributed by atoms with van der Waals surface area (Å²) < 4.78 is 0. The Morgan fingerprint density at radius 1 is 1.47 bits per heavy atom. The number of carbonyl (C=O) groups excluding carboxylic acids is 1. The Kier molecular flexibility index (Phi) is 6.45. The third-order valence-electron chi connectivity index (χ3n) is 3.65. The van der Waals surface area contributed by atoms with E-state index >= 15 is 0 Å². The summed E-state index contributed by atoms with van der Waals surface area (Å²) in [6.07, 6.45) is 3.99. The molecule has 0 aliphatic heterocycles. The van der Waals surface area contributed by atoms with Crippen LogP contribution in [0.25, 0.3) is 0 Å². The zero-order valence-corrected chi connectivity index (χ0v) is 13.0. The van der Waals surface area contributed by atoms with Crippen LogP contribution in [0.5, 0.6) is 0 Å². The number of carbonyl (C=O) groups is 1. The van der Waals surface area contributed by atoms with Crippen LogP contribution in [0.4, 0.5) is 0 Å². The van der Waals surface area contributed by atoms with Crippen molar-refractivity contribution in [2.75, 3.05) is 6.54 Å². The highest BCUT2D eigenvalue weighted by atomic mass is 32.1. The summed E-state index contributed by atoms with van der Waals surface area (Å²) in [4.78, 5) is 16.3. The summed E-state index contributed by atoms with van der Waals surface area (Å²) in [5, 5.41) is 6.24. The molecule has 1 amide bonds. The zero-order valence-electron chi connectivity index (χ0n) is 12.2. The van der Waals surface area contributed by atoms with Gasteiger partial charge in [0.2, 0.25) is 5.91 Å². The highest BCUT2D eigenvalue weighted by Gasteiger charge is 2.25. The van der Waals surface area contributed by atoms with Crippen LogP contribution < -0.4 is 11.1 Å². The van der Waals surface area contributed by atoms with Crippen LogP contribution in [0.1, 0.15) is 50.2 Å². The summed E-state index contributed by atoms with van der Waals surface area (Å²) in [7, 11) is 0. The summed E-state index contributed by atoms with van der Waals surface area (Å²) in [6.45, 7) is 6.62. The highest BCUT2D eigenvalue weighted by molar-refractivity contribution is 7.09. The van der Waals surface area contributed by atoms with E-state index in [0.29, 0.717) is 13.0 Å². The third kappa shape index (κ3) is 4.91. The molecule has 0 aromatic carbocycles. The van der Waals surface area contributed by atoms with Gasteiger partial charge in [-0.3, -0.25) is 4.79 Å². The van der Waals surface area contributed by atoms with Gasteiger partial charge in [0.25, 0.3) is 0 Å². The lowest BCUT2D eigenvalue weighted by Gasteiger charge is -2.31. The lowest BCUT2D eigenvalue weighted by atomic mass is 9.92. The molecular weight excluding hydrogens is 258 g/mol. The third-order valence-corrected chi connectivity index (χ3v) is 4.47. The Bertz CT molecular complexity index is 391. The first kappa shape index (κ1) is 16.1. The van der Waals surface area contributed by atoms with Gasteiger partial charge in [0, 0.05) is 18.3 Å². The molecule has 3 N–H and O–H groups in total. The fraction of sp³-hybridized carbons (Fsp3) is 0.714. The molecule has 0 atom stereocenters. The Hall–Kier alpha value is -0.940. The fourth-order valence-corrected chi connectivity index (χ4v) is 2.72. The van der Waals surface area contributed by atoms with E-state index in [9.17, 15) is 4.79 Å². The minimum Gasteiger partial charge on any atom is -0.349 e. The molecule has 19 heavy (non-hydrogen) atoms. The summed E-state index contributed by atoms with van der Waals surface area (Å²) >= 11 is 1.66. The Labute approximate surface area is 119 Å². The second-order valence-electron chi connectivity index (χ2n) is 4.95. The molecule has 1 rings (SSSR count). The number of aryl methyl sites for hydroxylation is 2. The van der Waals surface area contributed by atoms with E-state index in [4.69, 9.17) is 5.73 Å². The quantitative estimate of drug-likeness (QED) is 0.770. The van der Waals surface area contributed by atoms with Gasteiger partial charge in [-0.25, -0.2) is 4.98 Å². The molecule has 108 valence electrons. The van der Waals surface area contributed by atoms with Crippen molar-refractivity contribution in [3.8, 4) is 0 Å². The fourth-order valence-electron chi connectivity index (χ4n) is 2.08. The van der Waals surface area contributed by atoms with E-state index in [-0.39, 0.29) is 11.4 Å². The molecule has 0 unspecified atom stereocenters. The molecule has 0 spiro atoms.